The van der Waals surface area contributed by atoms with Crippen molar-refractivity contribution in [1.82, 2.24) is 4.90 Å². The second-order valence-corrected chi connectivity index (χ2v) is 10.6. The number of ether oxygens (including phenoxy) is 1. The summed E-state index contributed by atoms with van der Waals surface area (Å²) in [4.78, 5) is 17.4. The molecule has 0 spiro atoms. The highest BCUT2D eigenvalue weighted by Crippen LogP contribution is 2.35. The molecule has 4 rings (SSSR count). The molecule has 1 amide bonds. The summed E-state index contributed by atoms with van der Waals surface area (Å²) in [5.74, 6) is 0.759. The van der Waals surface area contributed by atoms with Crippen molar-refractivity contribution in [3.63, 3.8) is 0 Å². The molecule has 5 nitrogen and oxygen atoms in total. The normalized spacial score (nSPS) is 16.2. The molecule has 0 bridgehead atoms. The summed E-state index contributed by atoms with van der Waals surface area (Å²) in [5.41, 5.74) is 2.02. The van der Waals surface area contributed by atoms with Gasteiger partial charge >= 0.3 is 0 Å². The van der Waals surface area contributed by atoms with E-state index in [4.69, 9.17) is 27.9 Å². The highest BCUT2D eigenvalue weighted by molar-refractivity contribution is 6.42. The Balaban J connectivity index is 1.42. The van der Waals surface area contributed by atoms with Gasteiger partial charge in [-0.3, -0.25) is 4.79 Å². The molecule has 0 aliphatic carbocycles. The highest BCUT2D eigenvalue weighted by Gasteiger charge is 2.34. The molecule has 3 aromatic rings. The van der Waals surface area contributed by atoms with Gasteiger partial charge in [-0.25, -0.2) is 0 Å². The SMILES string of the molecule is COc1ccc(N(C)C(=O)CC(CCN2CCC(O)(c3ccccc3)CC2)c2ccc(Cl)c(Cl)c2)cc1. The number of nitrogens with zero attached hydrogens (tertiary/aromatic N) is 2. The first-order valence-corrected chi connectivity index (χ1v) is 13.4. The molecule has 196 valence electrons. The Kier molecular flexibility index (Phi) is 9.14. The minimum Gasteiger partial charge on any atom is -0.497 e. The number of hydrogen-bond acceptors (Lipinski definition) is 4. The summed E-state index contributed by atoms with van der Waals surface area (Å²) in [6.07, 6.45) is 2.52. The Labute approximate surface area is 229 Å². The molecule has 0 radical (unpaired) electrons. The van der Waals surface area contributed by atoms with E-state index >= 15 is 0 Å². The van der Waals surface area contributed by atoms with Gasteiger partial charge < -0.3 is 19.6 Å². The zero-order valence-electron chi connectivity index (χ0n) is 21.4. The van der Waals surface area contributed by atoms with E-state index in [9.17, 15) is 9.90 Å². The number of rotatable bonds is 9. The summed E-state index contributed by atoms with van der Waals surface area (Å²) in [6.45, 7) is 2.44. The van der Waals surface area contributed by atoms with Crippen LogP contribution in [0.5, 0.6) is 5.75 Å². The van der Waals surface area contributed by atoms with Gasteiger partial charge in [-0.1, -0.05) is 59.6 Å². The molecular formula is C30H34Cl2N2O3. The van der Waals surface area contributed by atoms with Crippen molar-refractivity contribution in [3.05, 3.63) is 94.0 Å². The van der Waals surface area contributed by atoms with Crippen LogP contribution in [0.1, 0.15) is 42.7 Å². The minimum absolute atomic E-state index is 0.0158. The quantitative estimate of drug-likeness (QED) is 0.336. The monoisotopic (exact) mass is 540 g/mol. The number of piperidine rings is 1. The van der Waals surface area contributed by atoms with E-state index in [1.807, 2.05) is 66.7 Å². The zero-order chi connectivity index (χ0) is 26.4. The van der Waals surface area contributed by atoms with E-state index in [2.05, 4.69) is 4.90 Å². The Bertz CT molecular complexity index is 1180. The van der Waals surface area contributed by atoms with Crippen LogP contribution in [0.3, 0.4) is 0 Å². The molecule has 7 heteroatoms. The van der Waals surface area contributed by atoms with Gasteiger partial charge in [0.2, 0.25) is 5.91 Å². The van der Waals surface area contributed by atoms with Crippen molar-refractivity contribution in [2.45, 2.75) is 37.2 Å². The van der Waals surface area contributed by atoms with Crippen molar-refractivity contribution >= 4 is 34.8 Å². The Morgan fingerprint density at radius 3 is 2.32 bits per heavy atom. The third-order valence-electron chi connectivity index (χ3n) is 7.46. The van der Waals surface area contributed by atoms with Crippen LogP contribution in [-0.4, -0.2) is 49.7 Å². The molecule has 1 unspecified atom stereocenters. The van der Waals surface area contributed by atoms with Crippen molar-refractivity contribution in [2.75, 3.05) is 38.7 Å². The van der Waals surface area contributed by atoms with E-state index < -0.39 is 5.60 Å². The first-order chi connectivity index (χ1) is 17.8. The second-order valence-electron chi connectivity index (χ2n) is 9.75. The predicted octanol–water partition coefficient (Wildman–Crippen LogP) is 6.51. The topological polar surface area (TPSA) is 53.0 Å². The molecule has 1 aliphatic heterocycles. The number of amides is 1. The molecule has 1 atom stereocenters. The van der Waals surface area contributed by atoms with Gasteiger partial charge in [0.15, 0.2) is 0 Å². The van der Waals surface area contributed by atoms with Crippen LogP contribution in [0.2, 0.25) is 10.0 Å². The van der Waals surface area contributed by atoms with Gasteiger partial charge in [0.25, 0.3) is 0 Å². The van der Waals surface area contributed by atoms with Gasteiger partial charge in [-0.05, 0) is 79.3 Å². The van der Waals surface area contributed by atoms with Crippen molar-refractivity contribution < 1.29 is 14.6 Å². The van der Waals surface area contributed by atoms with E-state index in [1.165, 1.54) is 0 Å². The lowest BCUT2D eigenvalue weighted by Gasteiger charge is -2.39. The van der Waals surface area contributed by atoms with E-state index in [-0.39, 0.29) is 11.8 Å². The first-order valence-electron chi connectivity index (χ1n) is 12.6. The van der Waals surface area contributed by atoms with Crippen LogP contribution in [0.25, 0.3) is 0 Å². The lowest BCUT2D eigenvalue weighted by Crippen LogP contribution is -2.43. The standard InChI is InChI=1S/C30H34Cl2N2O3/c1-33(25-9-11-26(37-2)12-10-25)29(35)21-23(22-8-13-27(31)28(32)20-22)14-17-34-18-15-30(36,16-19-34)24-6-4-3-5-7-24/h3-13,20,23,36H,14-19,21H2,1-2H3. The van der Waals surface area contributed by atoms with E-state index in [0.29, 0.717) is 29.3 Å². The van der Waals surface area contributed by atoms with Gasteiger partial charge in [-0.2, -0.15) is 0 Å². The fourth-order valence-corrected chi connectivity index (χ4v) is 5.28. The zero-order valence-corrected chi connectivity index (χ0v) is 22.9. The predicted molar refractivity (Wildman–Crippen MR) is 151 cm³/mol. The maximum atomic E-state index is 13.3. The summed E-state index contributed by atoms with van der Waals surface area (Å²) in [5, 5.41) is 12.2. The number of aliphatic hydroxyl groups is 1. The van der Waals surface area contributed by atoms with Crippen LogP contribution in [0.15, 0.2) is 72.8 Å². The number of halogens is 2. The second kappa shape index (κ2) is 12.3. The van der Waals surface area contributed by atoms with E-state index in [1.54, 1.807) is 25.1 Å². The van der Waals surface area contributed by atoms with Gasteiger partial charge in [0, 0.05) is 32.2 Å². The Morgan fingerprint density at radius 2 is 1.70 bits per heavy atom. The molecule has 0 aromatic heterocycles. The minimum atomic E-state index is -0.780. The number of likely N-dealkylation sites (tertiary alicyclic amines) is 1. The van der Waals surface area contributed by atoms with Crippen LogP contribution in [-0.2, 0) is 10.4 Å². The third-order valence-corrected chi connectivity index (χ3v) is 8.20. The molecule has 1 aliphatic rings. The van der Waals surface area contributed by atoms with Crippen molar-refractivity contribution in [3.8, 4) is 5.75 Å². The van der Waals surface area contributed by atoms with Gasteiger partial charge in [0.05, 0.1) is 22.8 Å². The molecule has 1 heterocycles. The lowest BCUT2D eigenvalue weighted by molar-refractivity contribution is -0.118. The van der Waals surface area contributed by atoms with Gasteiger partial charge in [-0.15, -0.1) is 0 Å². The van der Waals surface area contributed by atoms with Crippen molar-refractivity contribution in [1.29, 1.82) is 0 Å². The third kappa shape index (κ3) is 6.85. The fourth-order valence-electron chi connectivity index (χ4n) is 4.97. The number of carbonyl (C=O) groups is 1. The smallest absolute Gasteiger partial charge is 0.227 e. The summed E-state index contributed by atoms with van der Waals surface area (Å²) in [6, 6.07) is 23.0. The molecule has 37 heavy (non-hydrogen) atoms. The van der Waals surface area contributed by atoms with Crippen LogP contribution < -0.4 is 9.64 Å². The average Bonchev–Trinajstić information content (AvgIpc) is 2.93. The van der Waals surface area contributed by atoms with E-state index in [0.717, 1.165) is 48.6 Å². The van der Waals surface area contributed by atoms with Crippen LogP contribution in [0.4, 0.5) is 5.69 Å². The average molecular weight is 542 g/mol. The molecule has 3 aromatic carbocycles. The maximum absolute atomic E-state index is 13.3. The highest BCUT2D eigenvalue weighted by atomic mass is 35.5. The maximum Gasteiger partial charge on any atom is 0.227 e. The number of hydrogen-bond donors (Lipinski definition) is 1. The molecule has 1 fully saturated rings. The van der Waals surface area contributed by atoms with Crippen LogP contribution in [0, 0.1) is 0 Å². The Hall–Kier alpha value is -2.57. The summed E-state index contributed by atoms with van der Waals surface area (Å²) < 4.78 is 5.23. The number of carbonyl (C=O) groups excluding carboxylic acids is 1. The van der Waals surface area contributed by atoms with Crippen molar-refractivity contribution in [2.24, 2.45) is 0 Å². The lowest BCUT2D eigenvalue weighted by atomic mass is 9.84. The summed E-state index contributed by atoms with van der Waals surface area (Å²) in [7, 11) is 3.42. The molecule has 0 saturated carbocycles. The molecule has 1 N–H and O–H groups in total. The largest absolute Gasteiger partial charge is 0.497 e. The molecular weight excluding hydrogens is 507 g/mol. The number of methoxy groups -OCH3 is 1. The Morgan fingerprint density at radius 1 is 1.03 bits per heavy atom. The number of benzene rings is 3. The summed E-state index contributed by atoms with van der Waals surface area (Å²) >= 11 is 12.5. The fraction of sp³-hybridized carbons (Fsp3) is 0.367. The first kappa shape index (κ1) is 27.5. The molecule has 1 saturated heterocycles. The van der Waals surface area contributed by atoms with Crippen LogP contribution >= 0.6 is 23.2 Å². The van der Waals surface area contributed by atoms with Gasteiger partial charge in [0.1, 0.15) is 5.75 Å². The number of anilines is 1.